The number of aryl methyl sites for hydroxylation is 2. The van der Waals surface area contributed by atoms with Gasteiger partial charge in [0.2, 0.25) is 0 Å². The van der Waals surface area contributed by atoms with Gasteiger partial charge in [0.15, 0.2) is 0 Å². The Kier molecular flexibility index (Phi) is 5.34. The molecule has 2 nitrogen and oxygen atoms in total. The standard InChI is InChI=1S/C18H22FNO/c1-13-5-4-6-16(11-13)21-10-9-18(20-3)15-8-7-14(2)17(19)12-15/h4-8,11-12,18,20H,9-10H2,1-3H3. The summed E-state index contributed by atoms with van der Waals surface area (Å²) in [5, 5.41) is 3.22. The van der Waals surface area contributed by atoms with Crippen LogP contribution in [-0.2, 0) is 0 Å². The van der Waals surface area contributed by atoms with Gasteiger partial charge >= 0.3 is 0 Å². The number of hydrogen-bond acceptors (Lipinski definition) is 2. The van der Waals surface area contributed by atoms with Gasteiger partial charge in [0.25, 0.3) is 0 Å². The van der Waals surface area contributed by atoms with Crippen LogP contribution in [0.1, 0.15) is 29.2 Å². The Morgan fingerprint density at radius 3 is 2.62 bits per heavy atom. The Hall–Kier alpha value is -1.87. The van der Waals surface area contributed by atoms with E-state index in [0.717, 1.165) is 17.7 Å². The molecule has 0 aromatic heterocycles. The fourth-order valence-corrected chi connectivity index (χ4v) is 2.30. The molecule has 1 atom stereocenters. The molecule has 3 heteroatoms. The van der Waals surface area contributed by atoms with Crippen molar-refractivity contribution in [1.82, 2.24) is 5.32 Å². The minimum Gasteiger partial charge on any atom is -0.494 e. The Morgan fingerprint density at radius 2 is 1.95 bits per heavy atom. The number of nitrogens with one attached hydrogen (secondary N) is 1. The molecule has 0 aliphatic carbocycles. The van der Waals surface area contributed by atoms with E-state index in [2.05, 4.69) is 5.32 Å². The summed E-state index contributed by atoms with van der Waals surface area (Å²) in [5.74, 6) is 0.715. The monoisotopic (exact) mass is 287 g/mol. The average molecular weight is 287 g/mol. The van der Waals surface area contributed by atoms with Gasteiger partial charge in [0.05, 0.1) is 6.61 Å². The second kappa shape index (κ2) is 7.23. The average Bonchev–Trinajstić information content (AvgIpc) is 2.47. The minimum atomic E-state index is -0.160. The Morgan fingerprint density at radius 1 is 1.14 bits per heavy atom. The van der Waals surface area contributed by atoms with Crippen LogP contribution in [0.5, 0.6) is 5.75 Å². The lowest BCUT2D eigenvalue weighted by Gasteiger charge is -2.17. The topological polar surface area (TPSA) is 21.3 Å². The maximum atomic E-state index is 13.6. The molecule has 1 N–H and O–H groups in total. The molecular formula is C18H22FNO. The number of hydrogen-bond donors (Lipinski definition) is 1. The summed E-state index contributed by atoms with van der Waals surface area (Å²) < 4.78 is 19.4. The van der Waals surface area contributed by atoms with Gasteiger partial charge in [-0.2, -0.15) is 0 Å². The van der Waals surface area contributed by atoms with E-state index in [0.29, 0.717) is 12.2 Å². The first-order chi connectivity index (χ1) is 10.1. The van der Waals surface area contributed by atoms with E-state index in [4.69, 9.17) is 4.74 Å². The highest BCUT2D eigenvalue weighted by Gasteiger charge is 2.11. The van der Waals surface area contributed by atoms with Crippen molar-refractivity contribution in [3.8, 4) is 5.75 Å². The molecule has 0 spiro atoms. The van der Waals surface area contributed by atoms with Gasteiger partial charge in [0, 0.05) is 12.5 Å². The molecule has 0 aliphatic heterocycles. The van der Waals surface area contributed by atoms with Crippen LogP contribution in [0.2, 0.25) is 0 Å². The van der Waals surface area contributed by atoms with E-state index in [1.54, 1.807) is 13.0 Å². The van der Waals surface area contributed by atoms with Crippen LogP contribution in [0.4, 0.5) is 4.39 Å². The van der Waals surface area contributed by atoms with Gasteiger partial charge < -0.3 is 10.1 Å². The normalized spacial score (nSPS) is 12.2. The lowest BCUT2D eigenvalue weighted by atomic mass is 10.0. The van der Waals surface area contributed by atoms with Crippen molar-refractivity contribution in [3.63, 3.8) is 0 Å². The fraction of sp³-hybridized carbons (Fsp3) is 0.333. The van der Waals surface area contributed by atoms with E-state index >= 15 is 0 Å². The van der Waals surface area contributed by atoms with E-state index < -0.39 is 0 Å². The number of rotatable bonds is 6. The van der Waals surface area contributed by atoms with Gasteiger partial charge in [-0.15, -0.1) is 0 Å². The third-order valence-electron chi connectivity index (χ3n) is 3.61. The summed E-state index contributed by atoms with van der Waals surface area (Å²) in [6.45, 7) is 4.40. The van der Waals surface area contributed by atoms with Gasteiger partial charge in [0.1, 0.15) is 11.6 Å². The molecular weight excluding hydrogens is 265 g/mol. The number of ether oxygens (including phenoxy) is 1. The van der Waals surface area contributed by atoms with Crippen molar-refractivity contribution in [3.05, 3.63) is 65.0 Å². The fourth-order valence-electron chi connectivity index (χ4n) is 2.30. The summed E-state index contributed by atoms with van der Waals surface area (Å²) in [6.07, 6.45) is 0.785. The van der Waals surface area contributed by atoms with Crippen molar-refractivity contribution >= 4 is 0 Å². The Labute approximate surface area is 126 Å². The van der Waals surface area contributed by atoms with Crippen molar-refractivity contribution in [2.24, 2.45) is 0 Å². The van der Waals surface area contributed by atoms with Crippen LogP contribution in [0.25, 0.3) is 0 Å². The van der Waals surface area contributed by atoms with E-state index in [1.165, 1.54) is 5.56 Å². The first kappa shape index (κ1) is 15.5. The highest BCUT2D eigenvalue weighted by atomic mass is 19.1. The van der Waals surface area contributed by atoms with Crippen molar-refractivity contribution in [2.75, 3.05) is 13.7 Å². The first-order valence-corrected chi connectivity index (χ1v) is 7.23. The van der Waals surface area contributed by atoms with Gasteiger partial charge in [-0.25, -0.2) is 4.39 Å². The minimum absolute atomic E-state index is 0.0879. The predicted octanol–water partition coefficient (Wildman–Crippen LogP) is 4.17. The highest BCUT2D eigenvalue weighted by Crippen LogP contribution is 2.20. The summed E-state index contributed by atoms with van der Waals surface area (Å²) >= 11 is 0. The molecule has 0 amide bonds. The molecule has 0 heterocycles. The summed E-state index contributed by atoms with van der Waals surface area (Å²) in [6, 6.07) is 13.5. The predicted molar refractivity (Wildman–Crippen MR) is 84.2 cm³/mol. The van der Waals surface area contributed by atoms with Crippen molar-refractivity contribution in [2.45, 2.75) is 26.3 Å². The van der Waals surface area contributed by atoms with Crippen LogP contribution in [0.15, 0.2) is 42.5 Å². The summed E-state index contributed by atoms with van der Waals surface area (Å²) in [7, 11) is 1.88. The zero-order chi connectivity index (χ0) is 15.2. The Balaban J connectivity index is 1.94. The molecule has 0 bridgehead atoms. The summed E-state index contributed by atoms with van der Waals surface area (Å²) in [5.41, 5.74) is 2.80. The molecule has 1 unspecified atom stereocenters. The van der Waals surface area contributed by atoms with Gasteiger partial charge in [-0.3, -0.25) is 0 Å². The smallest absolute Gasteiger partial charge is 0.126 e. The molecule has 2 aromatic rings. The molecule has 2 aromatic carbocycles. The summed E-state index contributed by atoms with van der Waals surface area (Å²) in [4.78, 5) is 0. The lowest BCUT2D eigenvalue weighted by molar-refractivity contribution is 0.290. The van der Waals surface area contributed by atoms with Crippen LogP contribution in [0.3, 0.4) is 0 Å². The first-order valence-electron chi connectivity index (χ1n) is 7.23. The largest absolute Gasteiger partial charge is 0.494 e. The van der Waals surface area contributed by atoms with Crippen molar-refractivity contribution < 1.29 is 9.13 Å². The number of benzene rings is 2. The van der Waals surface area contributed by atoms with E-state index in [-0.39, 0.29) is 11.9 Å². The second-order valence-corrected chi connectivity index (χ2v) is 5.30. The van der Waals surface area contributed by atoms with Gasteiger partial charge in [-0.05, 0) is 55.8 Å². The molecule has 0 saturated carbocycles. The van der Waals surface area contributed by atoms with Crippen molar-refractivity contribution in [1.29, 1.82) is 0 Å². The van der Waals surface area contributed by atoms with Gasteiger partial charge in [-0.1, -0.05) is 24.3 Å². The van der Waals surface area contributed by atoms with Crippen LogP contribution >= 0.6 is 0 Å². The Bertz CT molecular complexity index is 598. The van der Waals surface area contributed by atoms with E-state index in [9.17, 15) is 4.39 Å². The molecule has 0 aliphatic rings. The molecule has 21 heavy (non-hydrogen) atoms. The number of halogens is 1. The maximum absolute atomic E-state index is 13.6. The molecule has 112 valence electrons. The maximum Gasteiger partial charge on any atom is 0.126 e. The molecule has 0 saturated heterocycles. The van der Waals surface area contributed by atoms with E-state index in [1.807, 2.05) is 50.4 Å². The van der Waals surface area contributed by atoms with Crippen LogP contribution < -0.4 is 10.1 Å². The van der Waals surface area contributed by atoms with Crippen LogP contribution in [0, 0.1) is 19.7 Å². The quantitative estimate of drug-likeness (QED) is 0.861. The molecule has 2 rings (SSSR count). The zero-order valence-electron chi connectivity index (χ0n) is 12.8. The van der Waals surface area contributed by atoms with Crippen LogP contribution in [-0.4, -0.2) is 13.7 Å². The zero-order valence-corrected chi connectivity index (χ0v) is 12.8. The highest BCUT2D eigenvalue weighted by molar-refractivity contribution is 5.28. The molecule has 0 radical (unpaired) electrons. The SMILES string of the molecule is CNC(CCOc1cccc(C)c1)c1ccc(C)c(F)c1. The lowest BCUT2D eigenvalue weighted by Crippen LogP contribution is -2.19. The third-order valence-corrected chi connectivity index (χ3v) is 3.61. The third kappa shape index (κ3) is 4.30. The second-order valence-electron chi connectivity index (χ2n) is 5.30. The molecule has 0 fully saturated rings.